The van der Waals surface area contributed by atoms with E-state index in [1.165, 1.54) is 0 Å². The average Bonchev–Trinajstić information content (AvgIpc) is 2.17. The molecule has 0 unspecified atom stereocenters. The van der Waals surface area contributed by atoms with Crippen molar-refractivity contribution >= 4 is 0 Å². The molecule has 0 atom stereocenters. The summed E-state index contributed by atoms with van der Waals surface area (Å²) in [5.74, 6) is 1.86. The van der Waals surface area contributed by atoms with Gasteiger partial charge in [-0.2, -0.15) is 0 Å². The summed E-state index contributed by atoms with van der Waals surface area (Å²) in [6, 6.07) is 0. The van der Waals surface area contributed by atoms with Crippen LogP contribution in [0.4, 0.5) is 0 Å². The maximum absolute atomic E-state index is 5.22. The van der Waals surface area contributed by atoms with Gasteiger partial charge in [0.1, 0.15) is 0 Å². The minimum Gasteiger partial charge on any atom is -0.493 e. The summed E-state index contributed by atoms with van der Waals surface area (Å²) in [7, 11) is 3.25. The number of hydrogen-bond acceptors (Lipinski definition) is 2. The number of allylic oxidation sites excluding steroid dienone is 3. The molecule has 0 saturated carbocycles. The Hall–Kier alpha value is -1.18. The second kappa shape index (κ2) is 6.30. The zero-order valence-electron chi connectivity index (χ0n) is 9.76. The molecule has 0 N–H and O–H groups in total. The van der Waals surface area contributed by atoms with Crippen LogP contribution in [0.1, 0.15) is 20.8 Å². The van der Waals surface area contributed by atoms with Gasteiger partial charge in [-0.25, -0.2) is 0 Å². The molecule has 2 heteroatoms. The highest BCUT2D eigenvalue weighted by Crippen LogP contribution is 2.17. The van der Waals surface area contributed by atoms with Gasteiger partial charge in [0.25, 0.3) is 0 Å². The van der Waals surface area contributed by atoms with E-state index in [0.717, 1.165) is 11.3 Å². The molecule has 0 heterocycles. The molecule has 0 aliphatic carbocycles. The largest absolute Gasteiger partial charge is 0.493 e. The molecule has 0 rings (SSSR count). The Kier molecular flexibility index (Phi) is 5.77. The van der Waals surface area contributed by atoms with Crippen molar-refractivity contribution in [3.8, 4) is 0 Å². The van der Waals surface area contributed by atoms with E-state index in [-0.39, 0.29) is 0 Å². The van der Waals surface area contributed by atoms with Gasteiger partial charge in [-0.15, -0.1) is 0 Å². The molecule has 0 bridgehead atoms. The fourth-order valence-corrected chi connectivity index (χ4v) is 0.926. The monoisotopic (exact) mass is 196 g/mol. The number of methoxy groups -OCH3 is 2. The molecule has 0 aliphatic heterocycles. The third kappa shape index (κ3) is 3.69. The fourth-order valence-electron chi connectivity index (χ4n) is 0.926. The van der Waals surface area contributed by atoms with Gasteiger partial charge in [0.05, 0.1) is 14.2 Å². The summed E-state index contributed by atoms with van der Waals surface area (Å²) in [6.45, 7) is 10.0. The highest BCUT2D eigenvalue weighted by atomic mass is 16.5. The van der Waals surface area contributed by atoms with Gasteiger partial charge in [0.2, 0.25) is 0 Å². The van der Waals surface area contributed by atoms with Crippen molar-refractivity contribution < 1.29 is 9.47 Å². The molecular formula is C12H20O2. The minimum atomic E-state index is 0.412. The lowest BCUT2D eigenvalue weighted by atomic mass is 10.0. The molecule has 0 aliphatic rings. The standard InChI is InChI=1S/C12H20O2/c1-7-11(13-5)12(14-6)8-10(4)9(2)3/h7-9H,4H2,1-3,5-6H3/b11-7+,12-8+. The quantitative estimate of drug-likeness (QED) is 0.496. The first-order chi connectivity index (χ1) is 6.56. The molecule has 0 aromatic carbocycles. The summed E-state index contributed by atoms with van der Waals surface area (Å²) in [4.78, 5) is 0. The second-order valence-electron chi connectivity index (χ2n) is 3.30. The summed E-state index contributed by atoms with van der Waals surface area (Å²) in [5.41, 5.74) is 1.03. The lowest BCUT2D eigenvalue weighted by Crippen LogP contribution is -1.98. The van der Waals surface area contributed by atoms with E-state index in [1.807, 2.05) is 19.1 Å². The Balaban J connectivity index is 4.79. The number of hydrogen-bond donors (Lipinski definition) is 0. The lowest BCUT2D eigenvalue weighted by Gasteiger charge is -2.11. The van der Waals surface area contributed by atoms with Crippen LogP contribution >= 0.6 is 0 Å². The van der Waals surface area contributed by atoms with Crippen LogP contribution in [-0.4, -0.2) is 14.2 Å². The first-order valence-corrected chi connectivity index (χ1v) is 4.72. The van der Waals surface area contributed by atoms with E-state index in [1.54, 1.807) is 14.2 Å². The van der Waals surface area contributed by atoms with Crippen LogP contribution in [0, 0.1) is 5.92 Å². The topological polar surface area (TPSA) is 18.5 Å². The average molecular weight is 196 g/mol. The summed E-state index contributed by atoms with van der Waals surface area (Å²) < 4.78 is 10.4. The van der Waals surface area contributed by atoms with Crippen molar-refractivity contribution in [2.45, 2.75) is 20.8 Å². The predicted molar refractivity (Wildman–Crippen MR) is 59.8 cm³/mol. The van der Waals surface area contributed by atoms with Crippen molar-refractivity contribution in [1.29, 1.82) is 0 Å². The van der Waals surface area contributed by atoms with Gasteiger partial charge in [-0.05, 0) is 30.6 Å². The second-order valence-corrected chi connectivity index (χ2v) is 3.30. The molecule has 0 fully saturated rings. The number of rotatable bonds is 5. The Morgan fingerprint density at radius 3 is 1.93 bits per heavy atom. The van der Waals surface area contributed by atoms with Crippen LogP contribution in [-0.2, 0) is 9.47 Å². The number of ether oxygens (including phenoxy) is 2. The van der Waals surface area contributed by atoms with Crippen LogP contribution in [0.3, 0.4) is 0 Å². The molecule has 0 radical (unpaired) electrons. The highest BCUT2D eigenvalue weighted by molar-refractivity contribution is 5.29. The smallest absolute Gasteiger partial charge is 0.160 e. The summed E-state index contributed by atoms with van der Waals surface area (Å²) in [6.07, 6.45) is 3.77. The van der Waals surface area contributed by atoms with Gasteiger partial charge >= 0.3 is 0 Å². The molecule has 80 valence electrons. The molecule has 0 aromatic rings. The van der Waals surface area contributed by atoms with Crippen molar-refractivity contribution in [2.75, 3.05) is 14.2 Å². The van der Waals surface area contributed by atoms with E-state index in [9.17, 15) is 0 Å². The van der Waals surface area contributed by atoms with E-state index < -0.39 is 0 Å². The van der Waals surface area contributed by atoms with E-state index in [2.05, 4.69) is 20.4 Å². The zero-order chi connectivity index (χ0) is 11.1. The molecule has 0 amide bonds. The van der Waals surface area contributed by atoms with Crippen LogP contribution in [0.5, 0.6) is 0 Å². The van der Waals surface area contributed by atoms with Gasteiger partial charge in [-0.3, -0.25) is 0 Å². The van der Waals surface area contributed by atoms with Gasteiger partial charge < -0.3 is 9.47 Å². The summed E-state index contributed by atoms with van der Waals surface area (Å²) >= 11 is 0. The van der Waals surface area contributed by atoms with Crippen LogP contribution in [0.15, 0.2) is 35.8 Å². The Morgan fingerprint density at radius 1 is 1.14 bits per heavy atom. The first-order valence-electron chi connectivity index (χ1n) is 4.72. The zero-order valence-corrected chi connectivity index (χ0v) is 9.76. The minimum absolute atomic E-state index is 0.412. The first kappa shape index (κ1) is 12.8. The molecule has 0 saturated heterocycles. The van der Waals surface area contributed by atoms with Crippen molar-refractivity contribution in [1.82, 2.24) is 0 Å². The van der Waals surface area contributed by atoms with Crippen molar-refractivity contribution in [3.63, 3.8) is 0 Å². The molecule has 0 aromatic heterocycles. The van der Waals surface area contributed by atoms with Gasteiger partial charge in [0, 0.05) is 0 Å². The normalized spacial score (nSPS) is 13.0. The lowest BCUT2D eigenvalue weighted by molar-refractivity contribution is 0.219. The maximum Gasteiger partial charge on any atom is 0.160 e. The van der Waals surface area contributed by atoms with Crippen molar-refractivity contribution in [3.05, 3.63) is 35.8 Å². The molecule has 0 spiro atoms. The van der Waals surface area contributed by atoms with Gasteiger partial charge in [0.15, 0.2) is 11.5 Å². The van der Waals surface area contributed by atoms with Crippen LogP contribution < -0.4 is 0 Å². The Labute approximate surface area is 86.9 Å². The third-order valence-electron chi connectivity index (χ3n) is 2.00. The Morgan fingerprint density at radius 2 is 1.64 bits per heavy atom. The van der Waals surface area contributed by atoms with Crippen molar-refractivity contribution in [2.24, 2.45) is 5.92 Å². The van der Waals surface area contributed by atoms with E-state index >= 15 is 0 Å². The molecule has 2 nitrogen and oxygen atoms in total. The fraction of sp³-hybridized carbons (Fsp3) is 0.500. The van der Waals surface area contributed by atoms with E-state index in [4.69, 9.17) is 9.47 Å². The predicted octanol–water partition coefficient (Wildman–Crippen LogP) is 3.28. The Bertz CT molecular complexity index is 247. The maximum atomic E-state index is 5.22. The van der Waals surface area contributed by atoms with Gasteiger partial charge in [-0.1, -0.05) is 20.4 Å². The van der Waals surface area contributed by atoms with E-state index in [0.29, 0.717) is 11.7 Å². The third-order valence-corrected chi connectivity index (χ3v) is 2.00. The van der Waals surface area contributed by atoms with Crippen LogP contribution in [0.25, 0.3) is 0 Å². The molecular weight excluding hydrogens is 176 g/mol. The highest BCUT2D eigenvalue weighted by Gasteiger charge is 2.06. The van der Waals surface area contributed by atoms with Crippen LogP contribution in [0.2, 0.25) is 0 Å². The molecule has 14 heavy (non-hydrogen) atoms. The summed E-state index contributed by atoms with van der Waals surface area (Å²) in [5, 5.41) is 0. The SMILES string of the molecule is C=C(/C=C(OC)\C(=C/C)OC)C(C)C.